The molecule has 0 saturated heterocycles. The van der Waals surface area contributed by atoms with E-state index in [9.17, 15) is 4.79 Å². The third-order valence-electron chi connectivity index (χ3n) is 2.29. The van der Waals surface area contributed by atoms with Crippen LogP contribution in [0.15, 0.2) is 22.3 Å². The molecule has 1 heterocycles. The first-order chi connectivity index (χ1) is 8.17. The number of methoxy groups -OCH3 is 1. The number of aromatic nitrogens is 1. The first kappa shape index (κ1) is 13.4. The van der Waals surface area contributed by atoms with Gasteiger partial charge in [0.2, 0.25) is 5.89 Å². The second-order valence-corrected chi connectivity index (χ2v) is 3.58. The maximum atomic E-state index is 11.1. The summed E-state index contributed by atoms with van der Waals surface area (Å²) < 4.78 is 10.0. The number of esters is 1. The fourth-order valence-electron chi connectivity index (χ4n) is 1.24. The van der Waals surface area contributed by atoms with Crippen LogP contribution in [0.4, 0.5) is 0 Å². The van der Waals surface area contributed by atoms with E-state index >= 15 is 0 Å². The van der Waals surface area contributed by atoms with Gasteiger partial charge < -0.3 is 14.5 Å². The van der Waals surface area contributed by atoms with Gasteiger partial charge in [-0.3, -0.25) is 0 Å². The zero-order valence-electron chi connectivity index (χ0n) is 10.4. The van der Waals surface area contributed by atoms with Crippen molar-refractivity contribution in [3.05, 3.63) is 29.5 Å². The third kappa shape index (κ3) is 4.40. The summed E-state index contributed by atoms with van der Waals surface area (Å²) in [6.07, 6.45) is 4.34. The summed E-state index contributed by atoms with van der Waals surface area (Å²) in [4.78, 5) is 15.2. The minimum Gasteiger partial charge on any atom is -0.466 e. The molecule has 0 amide bonds. The van der Waals surface area contributed by atoms with Crippen molar-refractivity contribution in [2.24, 2.45) is 0 Å². The average molecular weight is 238 g/mol. The Balaban J connectivity index is 2.30. The minimum absolute atomic E-state index is 0.309. The summed E-state index contributed by atoms with van der Waals surface area (Å²) in [5.74, 6) is 1.23. The molecule has 1 rings (SSSR count). The molecule has 1 aromatic rings. The summed E-state index contributed by atoms with van der Waals surface area (Å²) in [7, 11) is 1.37. The summed E-state index contributed by atoms with van der Waals surface area (Å²) in [6, 6.07) is 0. The molecule has 0 fully saturated rings. The maximum Gasteiger partial charge on any atom is 0.333 e. The molecular formula is C12H18N2O3. The molecule has 94 valence electrons. The monoisotopic (exact) mass is 238 g/mol. The molecule has 0 aliphatic carbocycles. The minimum atomic E-state index is -0.309. The average Bonchev–Trinajstić information content (AvgIpc) is 2.81. The van der Waals surface area contributed by atoms with Crippen molar-refractivity contribution in [3.8, 4) is 0 Å². The van der Waals surface area contributed by atoms with Crippen LogP contribution in [0.2, 0.25) is 0 Å². The first-order valence-electron chi connectivity index (χ1n) is 5.56. The van der Waals surface area contributed by atoms with Gasteiger partial charge in [0, 0.05) is 18.5 Å². The van der Waals surface area contributed by atoms with Gasteiger partial charge in [-0.15, -0.1) is 0 Å². The van der Waals surface area contributed by atoms with Gasteiger partial charge in [0.15, 0.2) is 0 Å². The Morgan fingerprint density at radius 2 is 2.41 bits per heavy atom. The largest absolute Gasteiger partial charge is 0.466 e. The zero-order chi connectivity index (χ0) is 12.7. The highest BCUT2D eigenvalue weighted by Gasteiger charge is 2.03. The lowest BCUT2D eigenvalue weighted by molar-refractivity contribution is -0.136. The quantitative estimate of drug-likeness (QED) is 0.461. The Labute approximate surface area is 101 Å². The van der Waals surface area contributed by atoms with Crippen molar-refractivity contribution >= 4 is 5.97 Å². The predicted octanol–water partition coefficient (Wildman–Crippen LogP) is 1.45. The number of hydrogen-bond donors (Lipinski definition) is 1. The number of aryl methyl sites for hydroxylation is 1. The fourth-order valence-corrected chi connectivity index (χ4v) is 1.24. The van der Waals surface area contributed by atoms with Crippen LogP contribution in [0.25, 0.3) is 0 Å². The number of nitrogens with one attached hydrogen (secondary N) is 1. The summed E-state index contributed by atoms with van der Waals surface area (Å²) >= 11 is 0. The second kappa shape index (κ2) is 6.85. The van der Waals surface area contributed by atoms with Crippen LogP contribution < -0.4 is 5.32 Å². The van der Waals surface area contributed by atoms with Crippen LogP contribution >= 0.6 is 0 Å². The molecule has 0 saturated carbocycles. The van der Waals surface area contributed by atoms with Gasteiger partial charge in [-0.05, 0) is 6.92 Å². The highest BCUT2D eigenvalue weighted by atomic mass is 16.5. The van der Waals surface area contributed by atoms with E-state index in [0.29, 0.717) is 24.6 Å². The molecular weight excluding hydrogens is 220 g/mol. The maximum absolute atomic E-state index is 11.1. The van der Waals surface area contributed by atoms with Crippen LogP contribution in [0, 0.1) is 0 Å². The van der Waals surface area contributed by atoms with Crippen LogP contribution in [0.5, 0.6) is 0 Å². The topological polar surface area (TPSA) is 64.4 Å². The van der Waals surface area contributed by atoms with E-state index in [2.05, 4.69) is 15.0 Å². The van der Waals surface area contributed by atoms with E-state index < -0.39 is 0 Å². The van der Waals surface area contributed by atoms with Gasteiger partial charge in [0.25, 0.3) is 0 Å². The summed E-state index contributed by atoms with van der Waals surface area (Å²) in [6.45, 7) is 4.85. The Kier molecular flexibility index (Phi) is 5.42. The molecule has 1 aromatic heterocycles. The molecule has 0 aromatic carbocycles. The van der Waals surface area contributed by atoms with Crippen LogP contribution in [0.1, 0.15) is 25.5 Å². The molecule has 0 atom stereocenters. The summed E-state index contributed by atoms with van der Waals surface area (Å²) in [5, 5.41) is 3.11. The first-order valence-corrected chi connectivity index (χ1v) is 5.56. The Morgan fingerprint density at radius 1 is 1.65 bits per heavy atom. The van der Waals surface area contributed by atoms with Crippen LogP contribution in [-0.4, -0.2) is 24.6 Å². The Bertz CT molecular complexity index is 396. The van der Waals surface area contributed by atoms with E-state index in [0.717, 1.165) is 12.2 Å². The second-order valence-electron chi connectivity index (χ2n) is 3.58. The Hall–Kier alpha value is -1.62. The molecule has 0 aliphatic rings. The molecule has 5 nitrogen and oxygen atoms in total. The smallest absolute Gasteiger partial charge is 0.333 e. The highest BCUT2D eigenvalue weighted by Crippen LogP contribution is 2.03. The lowest BCUT2D eigenvalue weighted by Gasteiger charge is -2.00. The number of ether oxygens (including phenoxy) is 1. The van der Waals surface area contributed by atoms with Crippen molar-refractivity contribution < 1.29 is 13.9 Å². The van der Waals surface area contributed by atoms with Gasteiger partial charge >= 0.3 is 5.97 Å². The van der Waals surface area contributed by atoms with Crippen molar-refractivity contribution in [2.75, 3.05) is 13.7 Å². The van der Waals surface area contributed by atoms with Crippen molar-refractivity contribution in [1.82, 2.24) is 10.3 Å². The standard InChI is InChI=1S/C12H18N2O3/c1-4-10-7-14-11(17-10)8-13-6-5-9(2)12(15)16-3/h5,7,13H,4,6,8H2,1-3H3/b9-5-. The lowest BCUT2D eigenvalue weighted by Crippen LogP contribution is -2.14. The van der Waals surface area contributed by atoms with E-state index in [4.69, 9.17) is 4.42 Å². The van der Waals surface area contributed by atoms with E-state index in [1.807, 2.05) is 6.92 Å². The molecule has 5 heteroatoms. The van der Waals surface area contributed by atoms with Gasteiger partial charge in [0.1, 0.15) is 5.76 Å². The number of oxazole rings is 1. The lowest BCUT2D eigenvalue weighted by atomic mass is 10.3. The van der Waals surface area contributed by atoms with Crippen LogP contribution in [-0.2, 0) is 22.5 Å². The van der Waals surface area contributed by atoms with Crippen molar-refractivity contribution in [2.45, 2.75) is 26.8 Å². The van der Waals surface area contributed by atoms with E-state index in [-0.39, 0.29) is 5.97 Å². The predicted molar refractivity (Wildman–Crippen MR) is 63.4 cm³/mol. The Morgan fingerprint density at radius 3 is 3.00 bits per heavy atom. The van der Waals surface area contributed by atoms with E-state index in [1.54, 1.807) is 19.2 Å². The number of carbonyl (C=O) groups excluding carboxylic acids is 1. The molecule has 1 N–H and O–H groups in total. The van der Waals surface area contributed by atoms with Gasteiger partial charge in [-0.1, -0.05) is 13.0 Å². The number of carbonyl (C=O) groups is 1. The SMILES string of the molecule is CCc1cnc(CNC/C=C(/C)C(=O)OC)o1. The molecule has 0 spiro atoms. The molecule has 0 radical (unpaired) electrons. The van der Waals surface area contributed by atoms with Gasteiger partial charge in [-0.2, -0.15) is 0 Å². The van der Waals surface area contributed by atoms with Crippen molar-refractivity contribution in [1.29, 1.82) is 0 Å². The zero-order valence-corrected chi connectivity index (χ0v) is 10.4. The molecule has 0 unspecified atom stereocenters. The number of hydrogen-bond acceptors (Lipinski definition) is 5. The number of rotatable bonds is 6. The number of nitrogens with zero attached hydrogens (tertiary/aromatic N) is 1. The molecule has 0 aliphatic heterocycles. The van der Waals surface area contributed by atoms with Gasteiger partial charge in [0.05, 0.1) is 19.9 Å². The van der Waals surface area contributed by atoms with E-state index in [1.165, 1.54) is 7.11 Å². The third-order valence-corrected chi connectivity index (χ3v) is 2.29. The van der Waals surface area contributed by atoms with Gasteiger partial charge in [-0.25, -0.2) is 9.78 Å². The molecule has 17 heavy (non-hydrogen) atoms. The van der Waals surface area contributed by atoms with Crippen molar-refractivity contribution in [3.63, 3.8) is 0 Å². The molecule has 0 bridgehead atoms. The summed E-state index contributed by atoms with van der Waals surface area (Å²) in [5.41, 5.74) is 0.585. The normalized spacial score (nSPS) is 11.6. The highest BCUT2D eigenvalue weighted by molar-refractivity contribution is 5.87. The van der Waals surface area contributed by atoms with Crippen LogP contribution in [0.3, 0.4) is 0 Å². The fraction of sp³-hybridized carbons (Fsp3) is 0.500.